The zero-order valence-corrected chi connectivity index (χ0v) is 15.4. The number of methoxy groups -OCH3 is 2. The number of benzene rings is 2. The molecule has 1 amide bonds. The molecule has 26 heavy (non-hydrogen) atoms. The number of rotatable bonds is 5. The molecule has 1 N–H and O–H groups in total. The highest BCUT2D eigenvalue weighted by Crippen LogP contribution is 2.40. The van der Waals surface area contributed by atoms with Crippen molar-refractivity contribution in [3.63, 3.8) is 0 Å². The van der Waals surface area contributed by atoms with Gasteiger partial charge in [0.2, 0.25) is 5.75 Å². The summed E-state index contributed by atoms with van der Waals surface area (Å²) in [5.41, 5.74) is 2.47. The van der Waals surface area contributed by atoms with Gasteiger partial charge in [0.15, 0.2) is 11.5 Å². The standard InChI is InChI=1S/C20H23NO5/c1-12-5-6-16(23-3)15(9-12)13(2)21-20(22)14-10-17(24-4)19-18(11-14)25-7-8-26-19/h5-6,9-11,13H,7-8H2,1-4H3,(H,21,22). The van der Waals surface area contributed by atoms with Crippen molar-refractivity contribution in [2.75, 3.05) is 27.4 Å². The van der Waals surface area contributed by atoms with Crippen LogP contribution in [-0.4, -0.2) is 33.3 Å². The van der Waals surface area contributed by atoms with E-state index in [2.05, 4.69) is 5.32 Å². The van der Waals surface area contributed by atoms with Gasteiger partial charge < -0.3 is 24.3 Å². The first-order valence-electron chi connectivity index (χ1n) is 8.46. The summed E-state index contributed by atoms with van der Waals surface area (Å²) in [7, 11) is 3.16. The molecule has 1 heterocycles. The minimum Gasteiger partial charge on any atom is -0.496 e. The lowest BCUT2D eigenvalue weighted by Gasteiger charge is -2.22. The van der Waals surface area contributed by atoms with Crippen molar-refractivity contribution in [1.29, 1.82) is 0 Å². The monoisotopic (exact) mass is 357 g/mol. The number of aryl methyl sites for hydroxylation is 1. The fourth-order valence-corrected chi connectivity index (χ4v) is 2.95. The van der Waals surface area contributed by atoms with Gasteiger partial charge in [0.25, 0.3) is 5.91 Å². The van der Waals surface area contributed by atoms with E-state index >= 15 is 0 Å². The molecule has 2 aromatic carbocycles. The molecule has 1 unspecified atom stereocenters. The molecule has 0 fully saturated rings. The Bertz CT molecular complexity index is 801. The van der Waals surface area contributed by atoms with Gasteiger partial charge in [-0.1, -0.05) is 17.7 Å². The van der Waals surface area contributed by atoms with E-state index in [1.165, 1.54) is 7.11 Å². The normalized spacial score (nSPS) is 13.7. The largest absolute Gasteiger partial charge is 0.496 e. The van der Waals surface area contributed by atoms with Gasteiger partial charge in [-0.05, 0) is 32.0 Å². The summed E-state index contributed by atoms with van der Waals surface area (Å²) < 4.78 is 21.9. The second-order valence-corrected chi connectivity index (χ2v) is 6.14. The van der Waals surface area contributed by atoms with E-state index in [1.54, 1.807) is 19.2 Å². The first-order chi connectivity index (χ1) is 12.5. The third-order valence-corrected chi connectivity index (χ3v) is 4.29. The molecule has 6 heteroatoms. The molecular formula is C20H23NO5. The number of hydrogen-bond donors (Lipinski definition) is 1. The highest BCUT2D eigenvalue weighted by Gasteiger charge is 2.22. The predicted molar refractivity (Wildman–Crippen MR) is 97.6 cm³/mol. The van der Waals surface area contributed by atoms with Crippen molar-refractivity contribution in [3.8, 4) is 23.0 Å². The van der Waals surface area contributed by atoms with Crippen LogP contribution in [0.3, 0.4) is 0 Å². The van der Waals surface area contributed by atoms with Gasteiger partial charge in [0, 0.05) is 11.1 Å². The van der Waals surface area contributed by atoms with Crippen LogP contribution in [0.1, 0.15) is 34.5 Å². The van der Waals surface area contributed by atoms with Crippen molar-refractivity contribution in [3.05, 3.63) is 47.0 Å². The third kappa shape index (κ3) is 3.54. The summed E-state index contributed by atoms with van der Waals surface area (Å²) in [6.07, 6.45) is 0. The van der Waals surface area contributed by atoms with Crippen LogP contribution < -0.4 is 24.3 Å². The van der Waals surface area contributed by atoms with Crippen molar-refractivity contribution in [2.45, 2.75) is 19.9 Å². The maximum atomic E-state index is 12.8. The molecule has 6 nitrogen and oxygen atoms in total. The molecule has 0 spiro atoms. The van der Waals surface area contributed by atoms with E-state index < -0.39 is 0 Å². The second-order valence-electron chi connectivity index (χ2n) is 6.14. The number of carbonyl (C=O) groups is 1. The van der Waals surface area contributed by atoms with Crippen LogP contribution in [0, 0.1) is 6.92 Å². The lowest BCUT2D eigenvalue weighted by Crippen LogP contribution is -2.27. The fourth-order valence-electron chi connectivity index (χ4n) is 2.95. The highest BCUT2D eigenvalue weighted by molar-refractivity contribution is 5.96. The van der Waals surface area contributed by atoms with Gasteiger partial charge in [-0.15, -0.1) is 0 Å². The van der Waals surface area contributed by atoms with Crippen molar-refractivity contribution in [1.82, 2.24) is 5.32 Å². The summed E-state index contributed by atoms with van der Waals surface area (Å²) in [6, 6.07) is 8.99. The Morgan fingerprint density at radius 2 is 1.81 bits per heavy atom. The molecule has 1 atom stereocenters. The predicted octanol–water partition coefficient (Wildman–Crippen LogP) is 3.27. The average molecular weight is 357 g/mol. The number of nitrogens with one attached hydrogen (secondary N) is 1. The lowest BCUT2D eigenvalue weighted by molar-refractivity contribution is 0.0937. The SMILES string of the molecule is COc1ccc(C)cc1C(C)NC(=O)c1cc(OC)c2c(c1)OCCO2. The summed E-state index contributed by atoms with van der Waals surface area (Å²) in [5, 5.41) is 3.00. The quantitative estimate of drug-likeness (QED) is 0.890. The van der Waals surface area contributed by atoms with E-state index in [4.69, 9.17) is 18.9 Å². The Balaban J connectivity index is 1.85. The van der Waals surface area contributed by atoms with Crippen LogP contribution in [0.25, 0.3) is 0 Å². The lowest BCUT2D eigenvalue weighted by atomic mass is 10.0. The van der Waals surface area contributed by atoms with Gasteiger partial charge in [-0.25, -0.2) is 0 Å². The van der Waals surface area contributed by atoms with E-state index in [1.807, 2.05) is 32.0 Å². The summed E-state index contributed by atoms with van der Waals surface area (Å²) in [5.74, 6) is 2.04. The number of hydrogen-bond acceptors (Lipinski definition) is 5. The Labute approximate surface area is 153 Å². The average Bonchev–Trinajstić information content (AvgIpc) is 2.66. The Morgan fingerprint density at radius 3 is 2.54 bits per heavy atom. The maximum absolute atomic E-state index is 12.8. The second kappa shape index (κ2) is 7.56. The molecule has 0 aromatic heterocycles. The van der Waals surface area contributed by atoms with Gasteiger partial charge in [-0.2, -0.15) is 0 Å². The topological polar surface area (TPSA) is 66.0 Å². The Kier molecular flexibility index (Phi) is 5.21. The smallest absolute Gasteiger partial charge is 0.252 e. The highest BCUT2D eigenvalue weighted by atomic mass is 16.6. The zero-order chi connectivity index (χ0) is 18.7. The molecule has 138 valence electrons. The fraction of sp³-hybridized carbons (Fsp3) is 0.350. The number of fused-ring (bicyclic) bond motifs is 1. The maximum Gasteiger partial charge on any atom is 0.252 e. The van der Waals surface area contributed by atoms with Crippen LogP contribution in [-0.2, 0) is 0 Å². The molecule has 2 aromatic rings. The summed E-state index contributed by atoms with van der Waals surface area (Å²) in [4.78, 5) is 12.8. The van der Waals surface area contributed by atoms with Crippen LogP contribution in [0.5, 0.6) is 23.0 Å². The molecule has 0 bridgehead atoms. The van der Waals surface area contributed by atoms with Gasteiger partial charge >= 0.3 is 0 Å². The first kappa shape index (κ1) is 17.9. The van der Waals surface area contributed by atoms with Crippen LogP contribution in [0.2, 0.25) is 0 Å². The molecule has 3 rings (SSSR count). The van der Waals surface area contributed by atoms with Crippen molar-refractivity contribution >= 4 is 5.91 Å². The molecular weight excluding hydrogens is 334 g/mol. The zero-order valence-electron chi connectivity index (χ0n) is 15.4. The van der Waals surface area contributed by atoms with Crippen molar-refractivity contribution in [2.24, 2.45) is 0 Å². The van der Waals surface area contributed by atoms with Crippen LogP contribution >= 0.6 is 0 Å². The summed E-state index contributed by atoms with van der Waals surface area (Å²) >= 11 is 0. The molecule has 0 aliphatic carbocycles. The molecule has 0 saturated heterocycles. The van der Waals surface area contributed by atoms with Crippen LogP contribution in [0.4, 0.5) is 0 Å². The van der Waals surface area contributed by atoms with Crippen molar-refractivity contribution < 1.29 is 23.7 Å². The molecule has 1 aliphatic heterocycles. The van der Waals surface area contributed by atoms with Gasteiger partial charge in [-0.3, -0.25) is 4.79 Å². The van der Waals surface area contributed by atoms with Gasteiger partial charge in [0.1, 0.15) is 19.0 Å². The molecule has 1 aliphatic rings. The van der Waals surface area contributed by atoms with E-state index in [9.17, 15) is 4.79 Å². The Morgan fingerprint density at radius 1 is 1.08 bits per heavy atom. The van der Waals surface area contributed by atoms with E-state index in [-0.39, 0.29) is 11.9 Å². The third-order valence-electron chi connectivity index (χ3n) is 4.29. The number of carbonyl (C=O) groups excluding carboxylic acids is 1. The Hall–Kier alpha value is -2.89. The van der Waals surface area contributed by atoms with E-state index in [0.29, 0.717) is 36.0 Å². The number of amides is 1. The number of ether oxygens (including phenoxy) is 4. The van der Waals surface area contributed by atoms with Gasteiger partial charge in [0.05, 0.1) is 20.3 Å². The molecule has 0 radical (unpaired) electrons. The molecule has 0 saturated carbocycles. The first-order valence-corrected chi connectivity index (χ1v) is 8.46. The van der Waals surface area contributed by atoms with Crippen LogP contribution in [0.15, 0.2) is 30.3 Å². The minimum absolute atomic E-state index is 0.225. The minimum atomic E-state index is -0.226. The summed E-state index contributed by atoms with van der Waals surface area (Å²) in [6.45, 7) is 4.82. The van der Waals surface area contributed by atoms with E-state index in [0.717, 1.165) is 16.9 Å².